The number of alkyl halides is 3. The summed E-state index contributed by atoms with van der Waals surface area (Å²) in [6, 6.07) is 0. The first-order valence-corrected chi connectivity index (χ1v) is 7.60. The van der Waals surface area contributed by atoms with Crippen molar-refractivity contribution in [2.24, 2.45) is 11.8 Å². The molecule has 0 aliphatic heterocycles. The molecule has 1 rings (SSSR count). The van der Waals surface area contributed by atoms with Gasteiger partial charge in [-0.3, -0.25) is 9.35 Å². The Labute approximate surface area is 120 Å². The Morgan fingerprint density at radius 3 is 2.33 bits per heavy atom. The molecule has 0 bridgehead atoms. The Kier molecular flexibility index (Phi) is 4.96. The fourth-order valence-electron chi connectivity index (χ4n) is 1.94. The second-order valence-corrected chi connectivity index (χ2v) is 7.06. The molecular weight excluding hydrogens is 317 g/mol. The second kappa shape index (κ2) is 5.73. The molecule has 0 heterocycles. The lowest BCUT2D eigenvalue weighted by Gasteiger charge is -2.18. The normalized spacial score (nSPS) is 24.5. The summed E-state index contributed by atoms with van der Waals surface area (Å²) in [6.45, 7) is 2.27. The van der Waals surface area contributed by atoms with Gasteiger partial charge >= 0.3 is 21.3 Å². The monoisotopic (exact) mass is 334 g/mol. The van der Waals surface area contributed by atoms with Crippen LogP contribution in [0.15, 0.2) is 0 Å². The van der Waals surface area contributed by atoms with E-state index in [0.717, 1.165) is 0 Å². The van der Waals surface area contributed by atoms with E-state index in [9.17, 15) is 31.5 Å². The average molecular weight is 334 g/mol. The van der Waals surface area contributed by atoms with Crippen LogP contribution >= 0.6 is 0 Å². The average Bonchev–Trinajstić information content (AvgIpc) is 3.06. The van der Waals surface area contributed by atoms with E-state index in [0.29, 0.717) is 6.42 Å². The van der Waals surface area contributed by atoms with Crippen LogP contribution in [0.5, 0.6) is 0 Å². The standard InChI is InChI=1S/C11H17F3O6S/c1-10(2,16)7-5-6(7)9(15)20-4-3-8(12)11(13,14)21(17,18)19/h6-8,16H,3-5H2,1-2H3,(H,17,18,19). The van der Waals surface area contributed by atoms with Crippen LogP contribution in [-0.4, -0.2) is 47.7 Å². The molecule has 1 saturated carbocycles. The maximum atomic E-state index is 13.1. The zero-order valence-electron chi connectivity index (χ0n) is 11.4. The minimum Gasteiger partial charge on any atom is -0.465 e. The molecular formula is C11H17F3O6S. The van der Waals surface area contributed by atoms with E-state index in [2.05, 4.69) is 4.74 Å². The van der Waals surface area contributed by atoms with Gasteiger partial charge in [-0.2, -0.15) is 17.2 Å². The van der Waals surface area contributed by atoms with Crippen LogP contribution in [-0.2, 0) is 19.6 Å². The van der Waals surface area contributed by atoms with Crippen molar-refractivity contribution >= 4 is 16.1 Å². The predicted molar refractivity (Wildman–Crippen MR) is 64.9 cm³/mol. The Balaban J connectivity index is 2.40. The van der Waals surface area contributed by atoms with E-state index in [1.165, 1.54) is 13.8 Å². The van der Waals surface area contributed by atoms with Crippen LogP contribution < -0.4 is 0 Å². The van der Waals surface area contributed by atoms with Crippen molar-refractivity contribution in [3.8, 4) is 0 Å². The van der Waals surface area contributed by atoms with Crippen molar-refractivity contribution in [3.05, 3.63) is 0 Å². The minimum atomic E-state index is -5.87. The van der Waals surface area contributed by atoms with Gasteiger partial charge in [0.2, 0.25) is 0 Å². The molecule has 10 heteroatoms. The summed E-state index contributed by atoms with van der Waals surface area (Å²) in [5, 5.41) is 4.68. The van der Waals surface area contributed by atoms with Crippen molar-refractivity contribution < 1.29 is 40.8 Å². The van der Waals surface area contributed by atoms with Crippen molar-refractivity contribution in [2.45, 2.75) is 43.7 Å². The summed E-state index contributed by atoms with van der Waals surface area (Å²) in [6.07, 6.45) is -3.88. The molecule has 0 aromatic carbocycles. The number of aliphatic hydroxyl groups is 1. The van der Waals surface area contributed by atoms with Crippen molar-refractivity contribution in [3.63, 3.8) is 0 Å². The third kappa shape index (κ3) is 4.30. The molecule has 3 atom stereocenters. The number of hydrogen-bond acceptors (Lipinski definition) is 5. The first kappa shape index (κ1) is 18.2. The molecule has 0 radical (unpaired) electrons. The zero-order valence-corrected chi connectivity index (χ0v) is 12.2. The largest absolute Gasteiger partial charge is 0.465 e. The lowest BCUT2D eigenvalue weighted by molar-refractivity contribution is -0.147. The number of hydrogen-bond donors (Lipinski definition) is 2. The predicted octanol–water partition coefficient (Wildman–Crippen LogP) is 1.15. The van der Waals surface area contributed by atoms with Crippen molar-refractivity contribution in [2.75, 3.05) is 6.61 Å². The molecule has 2 N–H and O–H groups in total. The lowest BCUT2D eigenvalue weighted by atomic mass is 10.0. The summed E-state index contributed by atoms with van der Waals surface area (Å²) in [4.78, 5) is 11.5. The molecule has 6 nitrogen and oxygen atoms in total. The maximum absolute atomic E-state index is 13.1. The van der Waals surface area contributed by atoms with Gasteiger partial charge in [0, 0.05) is 12.3 Å². The SMILES string of the molecule is CC(C)(O)C1CC1C(=O)OCCC(F)C(F)(F)S(=O)(=O)O. The van der Waals surface area contributed by atoms with Crippen molar-refractivity contribution in [1.82, 2.24) is 0 Å². The quantitative estimate of drug-likeness (QED) is 0.535. The molecule has 21 heavy (non-hydrogen) atoms. The van der Waals surface area contributed by atoms with E-state index in [-0.39, 0.29) is 5.92 Å². The van der Waals surface area contributed by atoms with Crippen LogP contribution in [0.2, 0.25) is 0 Å². The molecule has 0 amide bonds. The van der Waals surface area contributed by atoms with Crippen LogP contribution in [0.25, 0.3) is 0 Å². The van der Waals surface area contributed by atoms with Crippen LogP contribution in [0, 0.1) is 11.8 Å². The summed E-state index contributed by atoms with van der Waals surface area (Å²) in [7, 11) is -5.87. The van der Waals surface area contributed by atoms with Gasteiger partial charge < -0.3 is 9.84 Å². The molecule has 0 saturated heterocycles. The van der Waals surface area contributed by atoms with E-state index in [1.807, 2.05) is 0 Å². The fraction of sp³-hybridized carbons (Fsp3) is 0.909. The molecule has 3 unspecified atom stereocenters. The smallest absolute Gasteiger partial charge is 0.400 e. The van der Waals surface area contributed by atoms with E-state index in [4.69, 9.17) is 4.55 Å². The number of ether oxygens (including phenoxy) is 1. The first-order chi connectivity index (χ1) is 9.28. The second-order valence-electron chi connectivity index (χ2n) is 5.56. The summed E-state index contributed by atoms with van der Waals surface area (Å²) < 4.78 is 72.1. The number of carbonyl (C=O) groups excluding carboxylic acids is 1. The van der Waals surface area contributed by atoms with Gasteiger partial charge in [-0.05, 0) is 20.3 Å². The third-order valence-electron chi connectivity index (χ3n) is 3.32. The minimum absolute atomic E-state index is 0.314. The fourth-order valence-corrected chi connectivity index (χ4v) is 2.38. The Hall–Kier alpha value is -0.870. The Morgan fingerprint density at radius 2 is 1.95 bits per heavy atom. The highest BCUT2D eigenvalue weighted by Crippen LogP contribution is 2.46. The number of halogens is 3. The highest BCUT2D eigenvalue weighted by atomic mass is 32.2. The van der Waals surface area contributed by atoms with E-state index in [1.54, 1.807) is 0 Å². The molecule has 0 spiro atoms. The maximum Gasteiger partial charge on any atom is 0.400 e. The van der Waals surface area contributed by atoms with Gasteiger partial charge in [-0.25, -0.2) is 4.39 Å². The molecule has 0 aromatic heterocycles. The molecule has 1 fully saturated rings. The van der Waals surface area contributed by atoms with Crippen LogP contribution in [0.3, 0.4) is 0 Å². The van der Waals surface area contributed by atoms with E-state index < -0.39 is 52.1 Å². The highest BCUT2D eigenvalue weighted by molar-refractivity contribution is 7.86. The molecule has 1 aliphatic rings. The first-order valence-electron chi connectivity index (χ1n) is 6.16. The molecule has 124 valence electrons. The molecule has 0 aromatic rings. The van der Waals surface area contributed by atoms with E-state index >= 15 is 0 Å². The van der Waals surface area contributed by atoms with Crippen LogP contribution in [0.4, 0.5) is 13.2 Å². The Bertz CT molecular complexity index is 499. The van der Waals surface area contributed by atoms with Crippen molar-refractivity contribution in [1.29, 1.82) is 0 Å². The number of rotatable bonds is 7. The van der Waals surface area contributed by atoms with Gasteiger partial charge in [-0.1, -0.05) is 0 Å². The van der Waals surface area contributed by atoms with Gasteiger partial charge in [0.05, 0.1) is 18.1 Å². The van der Waals surface area contributed by atoms with Gasteiger partial charge in [0.25, 0.3) is 0 Å². The summed E-state index contributed by atoms with van der Waals surface area (Å²) in [5.74, 6) is -1.65. The lowest BCUT2D eigenvalue weighted by Crippen LogP contribution is -2.39. The zero-order chi connectivity index (χ0) is 16.6. The van der Waals surface area contributed by atoms with Gasteiger partial charge in [0.15, 0.2) is 6.17 Å². The third-order valence-corrected chi connectivity index (χ3v) is 4.27. The topological polar surface area (TPSA) is 101 Å². The van der Waals surface area contributed by atoms with Gasteiger partial charge in [0.1, 0.15) is 0 Å². The molecule has 1 aliphatic carbocycles. The number of carbonyl (C=O) groups is 1. The Morgan fingerprint density at radius 1 is 1.43 bits per heavy atom. The van der Waals surface area contributed by atoms with Crippen LogP contribution in [0.1, 0.15) is 26.7 Å². The van der Waals surface area contributed by atoms with Gasteiger partial charge in [-0.15, -0.1) is 0 Å². The number of esters is 1. The summed E-state index contributed by atoms with van der Waals surface area (Å²) in [5.41, 5.74) is -1.08. The highest BCUT2D eigenvalue weighted by Gasteiger charge is 2.53. The summed E-state index contributed by atoms with van der Waals surface area (Å²) >= 11 is 0.